The van der Waals surface area contributed by atoms with E-state index >= 15 is 0 Å². The zero-order valence-corrected chi connectivity index (χ0v) is 22.5. The van der Waals surface area contributed by atoms with Crippen molar-refractivity contribution in [3.05, 3.63) is 83.6 Å². The number of aryl methyl sites for hydroxylation is 1. The molecule has 9 heteroatoms. The van der Waals surface area contributed by atoms with E-state index in [9.17, 15) is 9.90 Å². The Bertz CT molecular complexity index is 1450. The Morgan fingerprint density at radius 2 is 1.77 bits per heavy atom. The summed E-state index contributed by atoms with van der Waals surface area (Å²) in [7, 11) is 1.92. The lowest BCUT2D eigenvalue weighted by molar-refractivity contribution is 0.0577. The van der Waals surface area contributed by atoms with Crippen LogP contribution in [0.5, 0.6) is 0 Å². The van der Waals surface area contributed by atoms with Crippen LogP contribution in [0, 0.1) is 6.92 Å². The van der Waals surface area contributed by atoms with Gasteiger partial charge in [-0.25, -0.2) is 4.52 Å². The molecule has 39 heavy (non-hydrogen) atoms. The van der Waals surface area contributed by atoms with E-state index in [1.165, 1.54) is 11.1 Å². The maximum absolute atomic E-state index is 12.6. The number of hydrogen-bond donors (Lipinski definition) is 3. The summed E-state index contributed by atoms with van der Waals surface area (Å²) in [4.78, 5) is 21.6. The maximum atomic E-state index is 12.6. The van der Waals surface area contributed by atoms with Gasteiger partial charge in [0.2, 0.25) is 5.95 Å². The lowest BCUT2D eigenvalue weighted by Gasteiger charge is -2.42. The first kappa shape index (κ1) is 25.3. The lowest BCUT2D eigenvalue weighted by Crippen LogP contribution is -2.58. The van der Waals surface area contributed by atoms with E-state index in [2.05, 4.69) is 57.9 Å². The number of likely N-dealkylation sites (tertiary alicyclic amines) is 1. The Balaban J connectivity index is 1.15. The van der Waals surface area contributed by atoms with Crippen LogP contribution in [0.4, 0.5) is 17.3 Å². The number of carbonyl (C=O) groups is 1. The van der Waals surface area contributed by atoms with Gasteiger partial charge in [0.1, 0.15) is 0 Å². The van der Waals surface area contributed by atoms with Crippen LogP contribution in [0.2, 0.25) is 0 Å². The number of nitrogens with zero attached hydrogens (tertiary/aromatic N) is 5. The van der Waals surface area contributed by atoms with Gasteiger partial charge in [-0.3, -0.25) is 4.79 Å². The van der Waals surface area contributed by atoms with Gasteiger partial charge in [0.15, 0.2) is 5.65 Å². The summed E-state index contributed by atoms with van der Waals surface area (Å²) >= 11 is 0. The predicted molar refractivity (Wildman–Crippen MR) is 153 cm³/mol. The highest BCUT2D eigenvalue weighted by Crippen LogP contribution is 2.37. The third-order valence-corrected chi connectivity index (χ3v) is 8.33. The van der Waals surface area contributed by atoms with Crippen molar-refractivity contribution < 1.29 is 9.90 Å². The zero-order valence-electron chi connectivity index (χ0n) is 22.5. The number of aromatic nitrogens is 3. The molecule has 2 fully saturated rings. The first-order valence-corrected chi connectivity index (χ1v) is 13.6. The number of carbonyl (C=O) groups excluding carboxylic acids is 1. The van der Waals surface area contributed by atoms with Crippen molar-refractivity contribution in [2.75, 3.05) is 50.1 Å². The number of pyridine rings is 1. The molecule has 0 unspecified atom stereocenters. The number of nitrogens with one attached hydrogen (secondary N) is 2. The monoisotopic (exact) mass is 525 g/mol. The van der Waals surface area contributed by atoms with Crippen molar-refractivity contribution >= 4 is 28.9 Å². The van der Waals surface area contributed by atoms with E-state index in [0.717, 1.165) is 56.0 Å². The summed E-state index contributed by atoms with van der Waals surface area (Å²) in [6, 6.07) is 20.5. The molecule has 202 valence electrons. The van der Waals surface area contributed by atoms with Crippen LogP contribution in [0.1, 0.15) is 34.3 Å². The van der Waals surface area contributed by atoms with Crippen LogP contribution in [-0.4, -0.2) is 76.4 Å². The van der Waals surface area contributed by atoms with Gasteiger partial charge in [-0.1, -0.05) is 29.8 Å². The van der Waals surface area contributed by atoms with Gasteiger partial charge in [0.05, 0.1) is 12.3 Å². The molecule has 0 radical (unpaired) electrons. The van der Waals surface area contributed by atoms with Gasteiger partial charge in [-0.15, -0.1) is 5.10 Å². The molecular weight excluding hydrogens is 490 g/mol. The number of anilines is 3. The first-order valence-electron chi connectivity index (χ1n) is 13.6. The fraction of sp³-hybridized carbons (Fsp3) is 0.367. The molecule has 2 aliphatic rings. The molecule has 3 N–H and O–H groups in total. The second kappa shape index (κ2) is 10.3. The van der Waals surface area contributed by atoms with Crippen LogP contribution in [0.25, 0.3) is 5.65 Å². The fourth-order valence-electron chi connectivity index (χ4n) is 5.65. The minimum atomic E-state index is -0.215. The molecule has 0 spiro atoms. The SMILES string of the molecule is CNC1CN(C(=O)c2ccc(Nc3nc4c(N5CCC(CO)(c6ccc(C)cc6)CC5)cccn4n3)cc2)C1. The summed E-state index contributed by atoms with van der Waals surface area (Å²) in [5.41, 5.74) is 5.54. The van der Waals surface area contributed by atoms with Gasteiger partial charge < -0.3 is 25.5 Å². The molecule has 2 saturated heterocycles. The minimum absolute atomic E-state index is 0.0534. The van der Waals surface area contributed by atoms with E-state index in [4.69, 9.17) is 4.98 Å². The van der Waals surface area contributed by atoms with Crippen molar-refractivity contribution in [3.8, 4) is 0 Å². The highest BCUT2D eigenvalue weighted by Gasteiger charge is 2.36. The number of rotatable bonds is 7. The summed E-state index contributed by atoms with van der Waals surface area (Å²) in [6.45, 7) is 5.37. The molecule has 2 aromatic heterocycles. The van der Waals surface area contributed by atoms with Crippen LogP contribution in [0.15, 0.2) is 66.9 Å². The van der Waals surface area contributed by atoms with Gasteiger partial charge in [-0.2, -0.15) is 4.98 Å². The average molecular weight is 526 g/mol. The molecule has 0 aliphatic carbocycles. The zero-order chi connectivity index (χ0) is 27.0. The predicted octanol–water partition coefficient (Wildman–Crippen LogP) is 3.36. The highest BCUT2D eigenvalue weighted by molar-refractivity contribution is 5.95. The molecule has 4 aromatic rings. The topological polar surface area (TPSA) is 98.0 Å². The van der Waals surface area contributed by atoms with Crippen LogP contribution < -0.4 is 15.5 Å². The molecule has 2 aromatic carbocycles. The number of aliphatic hydroxyl groups is 1. The van der Waals surface area contributed by atoms with Gasteiger partial charge in [0, 0.05) is 55.1 Å². The molecule has 9 nitrogen and oxygen atoms in total. The number of likely N-dealkylation sites (N-methyl/N-ethyl adjacent to an activating group) is 1. The van der Waals surface area contributed by atoms with Crippen LogP contribution >= 0.6 is 0 Å². The van der Waals surface area contributed by atoms with E-state index < -0.39 is 0 Å². The molecule has 6 rings (SSSR count). The molecular formula is C30H35N7O2. The largest absolute Gasteiger partial charge is 0.395 e. The van der Waals surface area contributed by atoms with Gasteiger partial charge in [-0.05, 0) is 68.8 Å². The molecule has 2 aliphatic heterocycles. The number of piperidine rings is 1. The van der Waals surface area contributed by atoms with Crippen LogP contribution in [-0.2, 0) is 5.41 Å². The Labute approximate surface area is 228 Å². The third kappa shape index (κ3) is 4.84. The Hall–Kier alpha value is -3.95. The number of fused-ring (bicyclic) bond motifs is 1. The fourth-order valence-corrected chi connectivity index (χ4v) is 5.65. The quantitative estimate of drug-likeness (QED) is 0.340. The van der Waals surface area contributed by atoms with Crippen molar-refractivity contribution in [3.63, 3.8) is 0 Å². The second-order valence-electron chi connectivity index (χ2n) is 10.8. The molecule has 0 bridgehead atoms. The summed E-state index contributed by atoms with van der Waals surface area (Å²) in [5.74, 6) is 0.556. The molecule has 0 atom stereocenters. The Morgan fingerprint density at radius 3 is 2.44 bits per heavy atom. The lowest BCUT2D eigenvalue weighted by atomic mass is 9.73. The molecule has 1 amide bonds. The number of aliphatic hydroxyl groups excluding tert-OH is 1. The summed E-state index contributed by atoms with van der Waals surface area (Å²) in [5, 5.41) is 21.5. The third-order valence-electron chi connectivity index (χ3n) is 8.33. The minimum Gasteiger partial charge on any atom is -0.395 e. The van der Waals surface area contributed by atoms with Crippen molar-refractivity contribution in [2.24, 2.45) is 0 Å². The van der Waals surface area contributed by atoms with Crippen molar-refractivity contribution in [1.82, 2.24) is 24.8 Å². The van der Waals surface area contributed by atoms with Crippen LogP contribution in [0.3, 0.4) is 0 Å². The van der Waals surface area contributed by atoms with Crippen molar-refractivity contribution in [2.45, 2.75) is 31.2 Å². The summed E-state index contributed by atoms with van der Waals surface area (Å²) < 4.78 is 1.80. The maximum Gasteiger partial charge on any atom is 0.253 e. The Morgan fingerprint density at radius 1 is 1.05 bits per heavy atom. The van der Waals surface area contributed by atoms with Gasteiger partial charge >= 0.3 is 0 Å². The van der Waals surface area contributed by atoms with E-state index in [-0.39, 0.29) is 17.9 Å². The highest BCUT2D eigenvalue weighted by atomic mass is 16.3. The van der Waals surface area contributed by atoms with E-state index in [0.29, 0.717) is 17.6 Å². The Kier molecular flexibility index (Phi) is 6.70. The number of amides is 1. The molecule has 4 heterocycles. The van der Waals surface area contributed by atoms with E-state index in [1.54, 1.807) is 4.52 Å². The second-order valence-corrected chi connectivity index (χ2v) is 10.8. The van der Waals surface area contributed by atoms with Crippen molar-refractivity contribution in [1.29, 1.82) is 0 Å². The van der Waals surface area contributed by atoms with E-state index in [1.807, 2.05) is 48.5 Å². The molecule has 0 saturated carbocycles. The summed E-state index contributed by atoms with van der Waals surface area (Å²) in [6.07, 6.45) is 3.63. The smallest absolute Gasteiger partial charge is 0.253 e. The normalized spacial score (nSPS) is 17.3. The van der Waals surface area contributed by atoms with Gasteiger partial charge in [0.25, 0.3) is 5.91 Å². The first-order chi connectivity index (χ1) is 19.0. The average Bonchev–Trinajstić information content (AvgIpc) is 3.36. The standard InChI is InChI=1S/C30H35N7O2/c1-21-5-9-23(10-6-21)30(20-38)13-16-35(17-14-30)26-4-3-15-37-27(26)33-29(34-37)32-24-11-7-22(8-12-24)28(39)36-18-25(19-36)31-2/h3-12,15,25,31,38H,13-14,16-20H2,1-2H3,(H,32,34). The number of benzene rings is 2. The number of hydrogen-bond acceptors (Lipinski definition) is 7.